The first-order chi connectivity index (χ1) is 35.8. The van der Waals surface area contributed by atoms with Crippen molar-refractivity contribution in [1.29, 1.82) is 0 Å². The van der Waals surface area contributed by atoms with Crippen LogP contribution in [-0.2, 0) is 32.0 Å². The maximum Gasteiger partial charge on any atom is 0.321 e. The molecule has 3 heterocycles. The third-order valence-electron chi connectivity index (χ3n) is 13.7. The van der Waals surface area contributed by atoms with Gasteiger partial charge in [-0.15, -0.1) is 0 Å². The van der Waals surface area contributed by atoms with Crippen LogP contribution in [0.25, 0.3) is 5.57 Å². The van der Waals surface area contributed by atoms with Gasteiger partial charge in [0.25, 0.3) is 17.7 Å². The second-order valence-electron chi connectivity index (χ2n) is 18.0. The van der Waals surface area contributed by atoms with Crippen LogP contribution in [0, 0.1) is 0 Å². The van der Waals surface area contributed by atoms with Crippen molar-refractivity contribution in [2.45, 2.75) is 88.9 Å². The number of carbonyl (C=O) groups excluding carboxylic acids is 5. The smallest absolute Gasteiger partial charge is 0.321 e. The molecule has 19 nitrogen and oxygen atoms in total. The van der Waals surface area contributed by atoms with Crippen LogP contribution in [0.2, 0.25) is 0 Å². The predicted molar refractivity (Wildman–Crippen MR) is 270 cm³/mol. The third-order valence-corrected chi connectivity index (χ3v) is 13.7. The van der Waals surface area contributed by atoms with Crippen LogP contribution in [0.4, 0.5) is 0 Å². The topological polar surface area (TPSA) is 238 Å². The molecule has 394 valence electrons. The van der Waals surface area contributed by atoms with Crippen LogP contribution in [0.3, 0.4) is 0 Å². The van der Waals surface area contributed by atoms with E-state index in [0.717, 1.165) is 28.0 Å². The zero-order chi connectivity index (χ0) is 53.1. The Morgan fingerprint density at radius 2 is 1.53 bits per heavy atom. The van der Waals surface area contributed by atoms with Gasteiger partial charge in [0.15, 0.2) is 29.6 Å². The van der Waals surface area contributed by atoms with Crippen molar-refractivity contribution in [3.8, 4) is 40.2 Å². The number of aliphatic hydroxyl groups excluding tert-OH is 1. The molecule has 7 rings (SSSR count). The molecule has 0 aromatic heterocycles. The molecule has 0 aliphatic carbocycles. The minimum Gasteiger partial charge on any atom is -0.493 e. The second kappa shape index (κ2) is 24.9. The summed E-state index contributed by atoms with van der Waals surface area (Å²) >= 11 is 0. The van der Waals surface area contributed by atoms with E-state index in [0.29, 0.717) is 84.3 Å². The van der Waals surface area contributed by atoms with Gasteiger partial charge in [-0.3, -0.25) is 43.9 Å². The highest BCUT2D eigenvalue weighted by Crippen LogP contribution is 2.46. The number of fused-ring (bicyclic) bond motifs is 1. The SMILES string of the molecule is C/C=C(\c1cc(OC)c(OC)c(OC)c1)C(O)N1CCC(c2c(CCCc3cccc(OCC(=O)NCCCCOc4cccc5c4C(=O)N(C4CCC(=O)NC4=O)C5=O)c3)ccc(OC)c2OC)C[C@H]1C(=O)O. The van der Waals surface area contributed by atoms with Gasteiger partial charge in [0.05, 0.1) is 53.3 Å². The molecule has 3 unspecified atom stereocenters. The summed E-state index contributed by atoms with van der Waals surface area (Å²) in [7, 11) is 7.65. The zero-order valence-corrected chi connectivity index (χ0v) is 42.5. The van der Waals surface area contributed by atoms with Gasteiger partial charge in [-0.25, -0.2) is 0 Å². The Balaban J connectivity index is 0.900. The number of methoxy groups -OCH3 is 5. The summed E-state index contributed by atoms with van der Waals surface area (Å²) in [5.41, 5.74) is 4.18. The number of hydrogen-bond acceptors (Lipinski definition) is 15. The van der Waals surface area contributed by atoms with Gasteiger partial charge in [-0.05, 0) is 129 Å². The normalized spacial score (nSPS) is 18.3. The first-order valence-electron chi connectivity index (χ1n) is 24.6. The van der Waals surface area contributed by atoms with Crippen molar-refractivity contribution in [1.82, 2.24) is 20.4 Å². The summed E-state index contributed by atoms with van der Waals surface area (Å²) in [5, 5.41) is 27.6. The average molecular weight is 1020 g/mol. The fourth-order valence-electron chi connectivity index (χ4n) is 10.0. The Hall–Kier alpha value is -7.64. The van der Waals surface area contributed by atoms with Gasteiger partial charge < -0.3 is 48.7 Å². The number of piperidine rings is 2. The Morgan fingerprint density at radius 3 is 2.20 bits per heavy atom. The lowest BCUT2D eigenvalue weighted by molar-refractivity contribution is -0.149. The highest BCUT2D eigenvalue weighted by Gasteiger charge is 2.46. The van der Waals surface area contributed by atoms with Gasteiger partial charge in [0, 0.05) is 25.1 Å². The number of unbranched alkanes of at least 4 members (excludes halogenated alkanes) is 1. The van der Waals surface area contributed by atoms with Crippen molar-refractivity contribution in [3.63, 3.8) is 0 Å². The molecule has 3 aliphatic heterocycles. The van der Waals surface area contributed by atoms with Crippen molar-refractivity contribution in [3.05, 3.63) is 106 Å². The van der Waals surface area contributed by atoms with Crippen molar-refractivity contribution in [2.24, 2.45) is 0 Å². The Labute approximate surface area is 429 Å². The van der Waals surface area contributed by atoms with E-state index in [-0.39, 0.29) is 67.7 Å². The van der Waals surface area contributed by atoms with Crippen LogP contribution in [-0.4, -0.2) is 136 Å². The number of hydrogen-bond donors (Lipinski definition) is 4. The fourth-order valence-corrected chi connectivity index (χ4v) is 10.0. The zero-order valence-electron chi connectivity index (χ0n) is 42.5. The molecule has 0 saturated carbocycles. The Morgan fingerprint density at radius 1 is 0.797 bits per heavy atom. The minimum absolute atomic E-state index is 0.0226. The van der Waals surface area contributed by atoms with E-state index >= 15 is 0 Å². The molecular weight excluding hydrogens is 957 g/mol. The molecule has 74 heavy (non-hydrogen) atoms. The number of aryl methyl sites for hydroxylation is 2. The number of likely N-dealkylation sites (tertiary alicyclic amines) is 1. The van der Waals surface area contributed by atoms with Gasteiger partial charge in [-0.1, -0.05) is 30.3 Å². The fraction of sp³-hybridized carbons (Fsp3) is 0.418. The standard InChI is InChI=1S/C55H64N4O15/c1-7-37(35-29-43(69-3)49(71-5)44(30-35)70-4)52(63)58-25-23-34(28-40(58)55(66)67)47-33(19-21-42(68-2)50(47)72-6)15-10-13-32-14-11-16-36(27-32)74-31-46(61)56-24-8-9-26-73-41-18-12-17-38-48(41)54(65)59(53(38)64)39-20-22-45(60)57-51(39)62/h7,11-12,14,16-19,21,27,29-30,34,39-40,52,63H,8-10,13,15,20,22-26,28,31H2,1-6H3,(H,56,61)(H,66,67)(H,57,60,62)/b37-7+/t34?,39?,40-,52?/m0/s1. The number of carboxylic acid groups (broad SMARTS) is 1. The number of rotatable bonds is 24. The number of aliphatic hydroxyl groups is 1. The molecule has 0 radical (unpaired) electrons. The number of allylic oxidation sites excluding steroid dienone is 1. The molecule has 2 saturated heterocycles. The molecule has 4 aromatic carbocycles. The molecule has 4 atom stereocenters. The van der Waals surface area contributed by atoms with Gasteiger partial charge >= 0.3 is 5.97 Å². The van der Waals surface area contributed by atoms with E-state index < -0.39 is 47.9 Å². The highest BCUT2D eigenvalue weighted by atomic mass is 16.5. The number of carboxylic acids is 1. The number of amides is 5. The molecule has 2 fully saturated rings. The van der Waals surface area contributed by atoms with Crippen molar-refractivity contribution >= 4 is 41.1 Å². The van der Waals surface area contributed by atoms with Crippen LogP contribution < -0.4 is 43.8 Å². The van der Waals surface area contributed by atoms with E-state index in [9.17, 15) is 39.0 Å². The van der Waals surface area contributed by atoms with Crippen LogP contribution >= 0.6 is 0 Å². The molecule has 4 aromatic rings. The van der Waals surface area contributed by atoms with E-state index in [1.165, 1.54) is 27.4 Å². The second-order valence-corrected chi connectivity index (χ2v) is 18.0. The summed E-state index contributed by atoms with van der Waals surface area (Å²) in [6, 6.07) is 17.4. The lowest BCUT2D eigenvalue weighted by atomic mass is 9.80. The third kappa shape index (κ3) is 11.9. The quantitative estimate of drug-likeness (QED) is 0.0485. The number of nitrogens with zero attached hydrogens (tertiary/aromatic N) is 2. The Bertz CT molecular complexity index is 2750. The number of imide groups is 2. The summed E-state index contributed by atoms with van der Waals surface area (Å²) in [5.74, 6) is -0.948. The molecule has 19 heteroatoms. The molecule has 5 amide bonds. The van der Waals surface area contributed by atoms with Crippen LogP contribution in [0.15, 0.2) is 72.8 Å². The summed E-state index contributed by atoms with van der Waals surface area (Å²) in [6.45, 7) is 2.41. The van der Waals surface area contributed by atoms with Crippen molar-refractivity contribution < 1.29 is 72.1 Å². The van der Waals surface area contributed by atoms with E-state index in [1.807, 2.05) is 30.3 Å². The van der Waals surface area contributed by atoms with Gasteiger partial charge in [0.1, 0.15) is 29.8 Å². The number of aliphatic carboxylic acids is 1. The predicted octanol–water partition coefficient (Wildman–Crippen LogP) is 5.71. The minimum atomic E-state index is -1.26. The number of ether oxygens (including phenoxy) is 7. The van der Waals surface area contributed by atoms with Crippen molar-refractivity contribution in [2.75, 3.05) is 61.9 Å². The molecule has 0 spiro atoms. The van der Waals surface area contributed by atoms with Gasteiger partial charge in [0.2, 0.25) is 17.6 Å². The molecule has 0 bridgehead atoms. The van der Waals surface area contributed by atoms with E-state index in [2.05, 4.69) is 10.6 Å². The monoisotopic (exact) mass is 1020 g/mol. The average Bonchev–Trinajstić information content (AvgIpc) is 3.66. The molecule has 4 N–H and O–H groups in total. The summed E-state index contributed by atoms with van der Waals surface area (Å²) in [6.07, 6.45) is 4.45. The summed E-state index contributed by atoms with van der Waals surface area (Å²) < 4.78 is 40.0. The van der Waals surface area contributed by atoms with Crippen LogP contribution in [0.1, 0.15) is 101 Å². The van der Waals surface area contributed by atoms with E-state index in [4.69, 9.17) is 33.2 Å². The summed E-state index contributed by atoms with van der Waals surface area (Å²) in [4.78, 5) is 78.8. The largest absolute Gasteiger partial charge is 0.493 e. The molecular formula is C55H64N4O15. The first kappa shape index (κ1) is 54.1. The van der Waals surface area contributed by atoms with Gasteiger partial charge in [-0.2, -0.15) is 0 Å². The maximum absolute atomic E-state index is 13.3. The van der Waals surface area contributed by atoms with E-state index in [1.54, 1.807) is 62.5 Å². The number of nitrogens with one attached hydrogen (secondary N) is 2. The number of carbonyl (C=O) groups is 6. The highest BCUT2D eigenvalue weighted by molar-refractivity contribution is 6.24. The number of benzene rings is 4. The molecule has 3 aliphatic rings. The first-order valence-corrected chi connectivity index (χ1v) is 24.6. The lowest BCUT2D eigenvalue weighted by Gasteiger charge is -2.41. The Kier molecular flexibility index (Phi) is 18.2. The lowest BCUT2D eigenvalue weighted by Crippen LogP contribution is -2.54. The van der Waals surface area contributed by atoms with Crippen LogP contribution in [0.5, 0.6) is 40.2 Å². The maximum atomic E-state index is 13.3.